The van der Waals surface area contributed by atoms with Gasteiger partial charge in [0.1, 0.15) is 30.2 Å². The number of nitrogens with zero attached hydrogens (tertiary/aromatic N) is 5. The van der Waals surface area contributed by atoms with E-state index >= 15 is 0 Å². The molecule has 3 aromatic rings. The number of hydrogen-bond donors (Lipinski definition) is 3. The Morgan fingerprint density at radius 2 is 1.89 bits per heavy atom. The molecule has 4 heterocycles. The maximum atomic E-state index is 12.7. The molecule has 12 heteroatoms. The Balaban J connectivity index is 1.09. The Morgan fingerprint density at radius 1 is 1.16 bits per heavy atom. The molecule has 6 rings (SSSR count). The van der Waals surface area contributed by atoms with Gasteiger partial charge in [0.2, 0.25) is 5.91 Å². The maximum absolute atomic E-state index is 12.7. The molecule has 1 saturated carbocycles. The first-order valence-electron chi connectivity index (χ1n) is 15.8. The van der Waals surface area contributed by atoms with Gasteiger partial charge in [-0.05, 0) is 75.6 Å². The molecule has 0 spiro atoms. The van der Waals surface area contributed by atoms with E-state index in [1.165, 1.54) is 6.33 Å². The fourth-order valence-electron chi connectivity index (χ4n) is 6.67. The summed E-state index contributed by atoms with van der Waals surface area (Å²) in [6, 6.07) is 6.47. The number of fused-ring (bicyclic) bond motifs is 2. The number of carbonyl (C=O) groups is 1. The van der Waals surface area contributed by atoms with Crippen LogP contribution in [-0.4, -0.2) is 73.1 Å². The molecule has 2 aliphatic heterocycles. The molecule has 1 amide bonds. The highest BCUT2D eigenvalue weighted by molar-refractivity contribution is 6.01. The molecular formula is C33H46N8O4. The topological polar surface area (TPSA) is 156 Å². The molecule has 0 bridgehead atoms. The Hall–Kier alpha value is -3.58. The highest BCUT2D eigenvalue weighted by Crippen LogP contribution is 2.45. The number of nitrogens with two attached hydrogens (primary N) is 2. The van der Waals surface area contributed by atoms with E-state index in [4.69, 9.17) is 25.7 Å². The van der Waals surface area contributed by atoms with Crippen LogP contribution in [0.4, 0.5) is 17.2 Å². The van der Waals surface area contributed by atoms with Crippen molar-refractivity contribution in [3.05, 3.63) is 48.6 Å². The Morgan fingerprint density at radius 3 is 2.58 bits per heavy atom. The van der Waals surface area contributed by atoms with Crippen molar-refractivity contribution in [1.29, 1.82) is 0 Å². The molecular weight excluding hydrogens is 572 g/mol. The van der Waals surface area contributed by atoms with Crippen molar-refractivity contribution >= 4 is 34.3 Å². The van der Waals surface area contributed by atoms with E-state index in [1.54, 1.807) is 12.4 Å². The lowest BCUT2D eigenvalue weighted by Crippen LogP contribution is -2.52. The third-order valence-corrected chi connectivity index (χ3v) is 9.15. The Labute approximate surface area is 264 Å². The van der Waals surface area contributed by atoms with E-state index in [2.05, 4.69) is 59.8 Å². The van der Waals surface area contributed by atoms with Crippen LogP contribution >= 0.6 is 0 Å². The molecule has 45 heavy (non-hydrogen) atoms. The largest absolute Gasteiger partial charge is 0.397 e. The molecule has 5 N–H and O–H groups in total. The third-order valence-electron chi connectivity index (χ3n) is 9.15. The van der Waals surface area contributed by atoms with Crippen LogP contribution in [0.25, 0.3) is 11.2 Å². The number of imidazole rings is 1. The summed E-state index contributed by atoms with van der Waals surface area (Å²) in [4.78, 5) is 28.1. The molecule has 2 saturated heterocycles. The van der Waals surface area contributed by atoms with E-state index in [0.717, 1.165) is 18.4 Å². The number of nitrogen functional groups attached to an aromatic ring is 2. The average Bonchev–Trinajstić information content (AvgIpc) is 3.59. The van der Waals surface area contributed by atoms with Crippen LogP contribution in [-0.2, 0) is 24.4 Å². The zero-order valence-corrected chi connectivity index (χ0v) is 27.2. The number of carbonyl (C=O) groups excluding carboxylic acids is 1. The minimum Gasteiger partial charge on any atom is -0.397 e. The summed E-state index contributed by atoms with van der Waals surface area (Å²) in [6.45, 7) is 15.4. The van der Waals surface area contributed by atoms with Gasteiger partial charge >= 0.3 is 0 Å². The minimum absolute atomic E-state index is 0.0115. The number of benzene rings is 1. The van der Waals surface area contributed by atoms with Crippen LogP contribution in [0.5, 0.6) is 0 Å². The molecule has 0 unspecified atom stereocenters. The Kier molecular flexibility index (Phi) is 8.13. The fraction of sp³-hybridized carbons (Fsp3) is 0.576. The predicted octanol–water partition coefficient (Wildman–Crippen LogP) is 4.39. The maximum Gasteiger partial charge on any atom is 0.248 e. The van der Waals surface area contributed by atoms with Crippen molar-refractivity contribution < 1.29 is 19.0 Å². The van der Waals surface area contributed by atoms with Gasteiger partial charge in [0.25, 0.3) is 0 Å². The third kappa shape index (κ3) is 6.29. The average molecular weight is 619 g/mol. The SMILES string of the molecule is CC(C)N(C[C@H]1O[C@@H](n2cnc3c(N)ncnc32)[C@@H]2OC(C)(C)O[C@@H]21)C1CC(/C=C\C(=O)Nc2ccc(C(C)(C)C)cc2N)C1. The smallest absolute Gasteiger partial charge is 0.248 e. The summed E-state index contributed by atoms with van der Waals surface area (Å²) >= 11 is 0. The zero-order valence-electron chi connectivity index (χ0n) is 27.2. The van der Waals surface area contributed by atoms with Gasteiger partial charge in [-0.1, -0.05) is 32.9 Å². The van der Waals surface area contributed by atoms with Crippen molar-refractivity contribution in [1.82, 2.24) is 24.4 Å². The monoisotopic (exact) mass is 618 g/mol. The molecule has 242 valence electrons. The second-order valence-corrected chi connectivity index (χ2v) is 14.3. The predicted molar refractivity (Wildman–Crippen MR) is 173 cm³/mol. The summed E-state index contributed by atoms with van der Waals surface area (Å²) in [6.07, 6.45) is 7.39. The molecule has 12 nitrogen and oxygen atoms in total. The number of ether oxygens (including phenoxy) is 3. The normalized spacial score (nSPS) is 27.8. The molecule has 1 aliphatic carbocycles. The zero-order chi connectivity index (χ0) is 32.3. The first-order chi connectivity index (χ1) is 21.2. The Bertz CT molecular complexity index is 1590. The van der Waals surface area contributed by atoms with Crippen molar-refractivity contribution in [2.24, 2.45) is 5.92 Å². The molecule has 2 aromatic heterocycles. The van der Waals surface area contributed by atoms with E-state index in [1.807, 2.05) is 42.7 Å². The number of rotatable bonds is 8. The summed E-state index contributed by atoms with van der Waals surface area (Å²) in [5, 5.41) is 2.93. The van der Waals surface area contributed by atoms with Crippen molar-refractivity contribution in [3.63, 3.8) is 0 Å². The molecule has 3 aliphatic rings. The summed E-state index contributed by atoms with van der Waals surface area (Å²) in [5.74, 6) is -0.273. The highest BCUT2D eigenvalue weighted by atomic mass is 16.8. The molecule has 4 atom stereocenters. The number of nitrogens with one attached hydrogen (secondary N) is 1. The lowest BCUT2D eigenvalue weighted by atomic mass is 9.78. The first kappa shape index (κ1) is 31.4. The van der Waals surface area contributed by atoms with Gasteiger partial charge in [-0.3, -0.25) is 14.3 Å². The standard InChI is InChI=1S/C33H46N8O4/c1-18(2)40(21-12-19(13-21)8-11-25(42)39-23-10-9-20(14-22(23)34)32(3,4)5)15-24-27-28(45-33(6,7)44-27)31(43-24)41-17-38-26-29(35)36-16-37-30(26)41/h8-11,14,16-19,21,24,27-28,31H,12-13,15,34H2,1-7H3,(H,39,42)(H2,35,36,37)/b11-8-/t19?,21?,24-,27-,28-,31-/m1/s1. The van der Waals surface area contributed by atoms with E-state index < -0.39 is 12.0 Å². The van der Waals surface area contributed by atoms with Crippen LogP contribution in [0, 0.1) is 5.92 Å². The van der Waals surface area contributed by atoms with Crippen LogP contribution in [0.15, 0.2) is 43.0 Å². The number of hydrogen-bond acceptors (Lipinski definition) is 10. The molecule has 0 radical (unpaired) electrons. The van der Waals surface area contributed by atoms with Gasteiger partial charge in [0.15, 0.2) is 23.5 Å². The van der Waals surface area contributed by atoms with Gasteiger partial charge in [0, 0.05) is 18.6 Å². The van der Waals surface area contributed by atoms with Crippen LogP contribution < -0.4 is 16.8 Å². The van der Waals surface area contributed by atoms with Crippen LogP contribution in [0.1, 0.15) is 73.1 Å². The van der Waals surface area contributed by atoms with E-state index in [9.17, 15) is 4.79 Å². The number of aromatic nitrogens is 4. The van der Waals surface area contributed by atoms with Gasteiger partial charge in [0.05, 0.1) is 17.7 Å². The van der Waals surface area contributed by atoms with Crippen LogP contribution in [0.3, 0.4) is 0 Å². The minimum atomic E-state index is -0.741. The van der Waals surface area contributed by atoms with Crippen molar-refractivity contribution in [2.45, 2.75) is 109 Å². The number of amides is 1. The second kappa shape index (κ2) is 11.7. The van der Waals surface area contributed by atoms with E-state index in [0.29, 0.717) is 52.9 Å². The highest BCUT2D eigenvalue weighted by Gasteiger charge is 2.56. The molecule has 3 fully saturated rings. The number of allylic oxidation sites excluding steroid dienone is 1. The van der Waals surface area contributed by atoms with E-state index in [-0.39, 0.29) is 29.6 Å². The molecule has 1 aromatic carbocycles. The van der Waals surface area contributed by atoms with Gasteiger partial charge < -0.3 is 31.0 Å². The second-order valence-electron chi connectivity index (χ2n) is 14.3. The number of anilines is 3. The van der Waals surface area contributed by atoms with Gasteiger partial charge in [-0.2, -0.15) is 0 Å². The first-order valence-corrected chi connectivity index (χ1v) is 15.8. The quantitative estimate of drug-likeness (QED) is 0.244. The fourth-order valence-corrected chi connectivity index (χ4v) is 6.67. The van der Waals surface area contributed by atoms with Crippen molar-refractivity contribution in [2.75, 3.05) is 23.3 Å². The summed E-state index contributed by atoms with van der Waals surface area (Å²) in [7, 11) is 0. The summed E-state index contributed by atoms with van der Waals surface area (Å²) in [5.41, 5.74) is 15.7. The van der Waals surface area contributed by atoms with Crippen molar-refractivity contribution in [3.8, 4) is 0 Å². The lowest BCUT2D eigenvalue weighted by molar-refractivity contribution is -0.199. The summed E-state index contributed by atoms with van der Waals surface area (Å²) < 4.78 is 21.3. The van der Waals surface area contributed by atoms with Gasteiger partial charge in [-0.25, -0.2) is 15.0 Å². The van der Waals surface area contributed by atoms with Crippen LogP contribution in [0.2, 0.25) is 0 Å². The van der Waals surface area contributed by atoms with Gasteiger partial charge in [-0.15, -0.1) is 0 Å². The lowest BCUT2D eigenvalue weighted by Gasteiger charge is -2.45.